The average molecular weight is 587 g/mol. The number of allylic oxidation sites excluding steroid dienone is 1. The molecule has 0 saturated heterocycles. The van der Waals surface area contributed by atoms with E-state index in [1.165, 1.54) is 18.3 Å². The van der Waals surface area contributed by atoms with Gasteiger partial charge in [-0.3, -0.25) is 15.5 Å². The van der Waals surface area contributed by atoms with Crippen molar-refractivity contribution in [2.24, 2.45) is 5.73 Å². The number of carbonyl (C=O) groups is 1. The van der Waals surface area contributed by atoms with Crippen LogP contribution in [0.3, 0.4) is 0 Å². The summed E-state index contributed by atoms with van der Waals surface area (Å²) in [5.41, 5.74) is 4.03. The van der Waals surface area contributed by atoms with Crippen LogP contribution in [-0.4, -0.2) is 16.9 Å². The van der Waals surface area contributed by atoms with E-state index >= 15 is 4.39 Å². The normalized spacial score (nSPS) is 12.5. The summed E-state index contributed by atoms with van der Waals surface area (Å²) in [5.74, 6) is -4.73. The van der Waals surface area contributed by atoms with Gasteiger partial charge in [-0.05, 0) is 73.4 Å². The van der Waals surface area contributed by atoms with E-state index in [0.29, 0.717) is 17.2 Å². The first-order valence-electron chi connectivity index (χ1n) is 12.6. The third-order valence-corrected chi connectivity index (χ3v) is 6.09. The van der Waals surface area contributed by atoms with Crippen LogP contribution in [0.4, 0.5) is 26.3 Å². The number of benzene rings is 2. The quantitative estimate of drug-likeness (QED) is 0.178. The molecule has 1 unspecified atom stereocenters. The summed E-state index contributed by atoms with van der Waals surface area (Å²) in [7, 11) is 0. The Morgan fingerprint density at radius 2 is 1.55 bits per heavy atom. The van der Waals surface area contributed by atoms with Crippen molar-refractivity contribution in [3.63, 3.8) is 0 Å². The maximum atomic E-state index is 15.1. The number of nitrogens with two attached hydrogens (primary N) is 1. The van der Waals surface area contributed by atoms with E-state index in [0.717, 1.165) is 23.8 Å². The van der Waals surface area contributed by atoms with Crippen molar-refractivity contribution < 1.29 is 31.1 Å². The lowest BCUT2D eigenvalue weighted by atomic mass is 9.92. The molecule has 218 valence electrons. The van der Waals surface area contributed by atoms with Gasteiger partial charge >= 0.3 is 12.2 Å². The largest absolute Gasteiger partial charge is 0.399 e. The van der Waals surface area contributed by atoms with Crippen LogP contribution < -0.4 is 5.73 Å². The summed E-state index contributed by atoms with van der Waals surface area (Å²) in [6, 6.07) is 3.49. The van der Waals surface area contributed by atoms with E-state index in [1.54, 1.807) is 26.8 Å². The Morgan fingerprint density at radius 1 is 0.950 bits per heavy atom. The zero-order valence-electron chi connectivity index (χ0n) is 23.4. The van der Waals surface area contributed by atoms with Gasteiger partial charge in [0, 0.05) is 27.9 Å². The third-order valence-electron chi connectivity index (χ3n) is 5.69. The van der Waals surface area contributed by atoms with Gasteiger partial charge in [0.25, 0.3) is 0 Å². The van der Waals surface area contributed by atoms with E-state index in [9.17, 15) is 26.7 Å². The maximum absolute atomic E-state index is 15.1. The summed E-state index contributed by atoms with van der Waals surface area (Å²) in [6.45, 7) is 12.9. The van der Waals surface area contributed by atoms with Gasteiger partial charge in [-0.15, -0.1) is 0 Å². The van der Waals surface area contributed by atoms with Crippen LogP contribution in [0.1, 0.15) is 83.0 Å². The van der Waals surface area contributed by atoms with Gasteiger partial charge in [0.15, 0.2) is 0 Å². The van der Waals surface area contributed by atoms with Crippen molar-refractivity contribution in [3.05, 3.63) is 104 Å². The Hall–Kier alpha value is -3.17. The predicted molar refractivity (Wildman–Crippen MR) is 148 cm³/mol. The molecule has 0 aliphatic carbocycles. The van der Waals surface area contributed by atoms with E-state index in [-0.39, 0.29) is 22.4 Å². The Labute approximate surface area is 236 Å². The van der Waals surface area contributed by atoms with E-state index in [2.05, 4.69) is 4.98 Å². The molecule has 2 N–H and O–H groups in total. The highest BCUT2D eigenvalue weighted by Crippen LogP contribution is 2.40. The minimum Gasteiger partial charge on any atom is -0.287 e. The summed E-state index contributed by atoms with van der Waals surface area (Å²) >= 11 is 6.03. The molecule has 0 fully saturated rings. The van der Waals surface area contributed by atoms with Crippen molar-refractivity contribution in [2.45, 2.75) is 66.6 Å². The highest BCUT2D eigenvalue weighted by molar-refractivity contribution is 6.31. The molecule has 0 spiro atoms. The van der Waals surface area contributed by atoms with Gasteiger partial charge in [-0.2, -0.15) is 22.0 Å². The number of nitrogens with zero attached hydrogens (tertiary/aromatic N) is 1. The monoisotopic (exact) mass is 586 g/mol. The van der Waals surface area contributed by atoms with Crippen LogP contribution in [0.15, 0.2) is 54.7 Å². The first-order valence-corrected chi connectivity index (χ1v) is 13.0. The van der Waals surface area contributed by atoms with Gasteiger partial charge in [0.1, 0.15) is 17.4 Å². The summed E-state index contributed by atoms with van der Waals surface area (Å²) < 4.78 is 85.1. The fraction of sp³-hybridized carbons (Fsp3) is 0.333. The number of halogens is 7. The lowest BCUT2D eigenvalue weighted by Crippen LogP contribution is -2.28. The van der Waals surface area contributed by atoms with Gasteiger partial charge in [-0.1, -0.05) is 57.5 Å². The first-order chi connectivity index (χ1) is 18.6. The molecule has 1 atom stereocenters. The second kappa shape index (κ2) is 14.5. The number of aromatic nitrogens is 1. The van der Waals surface area contributed by atoms with E-state index < -0.39 is 46.4 Å². The topological polar surface area (TPSA) is 56.0 Å². The molecule has 0 amide bonds. The second-order valence-corrected chi connectivity index (χ2v) is 8.82. The van der Waals surface area contributed by atoms with Crippen LogP contribution in [-0.2, 0) is 6.05 Å². The molecular weight excluding hydrogens is 554 g/mol. The Balaban J connectivity index is 0.00000191. The average Bonchev–Trinajstić information content (AvgIpc) is 2.90. The maximum Gasteiger partial charge on any atom is 0.399 e. The first kappa shape index (κ1) is 34.9. The highest BCUT2D eigenvalue weighted by atomic mass is 35.5. The number of carbonyl (C=O) groups excluding carboxylic acids is 1. The molecular formula is C30H33ClF6N2O. The number of alkyl halides is 5. The molecule has 0 radical (unpaired) electrons. The van der Waals surface area contributed by atoms with Gasteiger partial charge in [0.05, 0.1) is 0 Å². The van der Waals surface area contributed by atoms with Crippen LogP contribution >= 0.6 is 11.6 Å². The molecule has 0 aliphatic heterocycles. The fourth-order valence-electron chi connectivity index (χ4n) is 3.55. The molecule has 0 saturated carbocycles. The third kappa shape index (κ3) is 8.66. The molecule has 40 heavy (non-hydrogen) atoms. The predicted octanol–water partition coefficient (Wildman–Crippen LogP) is 9.61. The lowest BCUT2D eigenvalue weighted by molar-refractivity contribution is -0.139. The number of hydrogen-bond acceptors (Lipinski definition) is 3. The van der Waals surface area contributed by atoms with E-state index in [4.69, 9.17) is 17.3 Å². The molecule has 1 heterocycles. The Kier molecular flexibility index (Phi) is 12.6. The van der Waals surface area contributed by atoms with Gasteiger partial charge in [-0.25, -0.2) is 4.39 Å². The minimum atomic E-state index is -4.91. The minimum absolute atomic E-state index is 0.0747. The van der Waals surface area contributed by atoms with Crippen molar-refractivity contribution in [1.82, 2.24) is 4.98 Å². The molecule has 3 aromatic rings. The number of ketones is 1. The lowest BCUT2D eigenvalue weighted by Gasteiger charge is -2.20. The molecule has 3 nitrogen and oxygen atoms in total. The smallest absolute Gasteiger partial charge is 0.287 e. The molecule has 3 rings (SSSR count). The van der Waals surface area contributed by atoms with Crippen LogP contribution in [0, 0.1) is 20.8 Å². The molecule has 2 aromatic carbocycles. The number of hydrogen-bond donors (Lipinski definition) is 1. The number of aryl methyl sites for hydroxylation is 2. The standard InChI is InChI=1S/C26H21ClF6N2O.2C2H6/c1-13-4-7-23(35-12-13)24(36)18-6-5-16(9-20(18)26(32,33)34)22(28)11-19(25(29,30)31)17-8-14(2)15(3)21(27)10-17;2*1-2/h4-12,19H,34H2,1-3H3;2*1-2H3/b22-11-;;. The molecule has 1 aromatic heterocycles. The van der Waals surface area contributed by atoms with Gasteiger partial charge < -0.3 is 0 Å². The van der Waals surface area contributed by atoms with Crippen LogP contribution in [0.2, 0.25) is 5.02 Å². The van der Waals surface area contributed by atoms with Crippen LogP contribution in [0.25, 0.3) is 5.83 Å². The Bertz CT molecular complexity index is 1310. The molecule has 10 heteroatoms. The zero-order chi connectivity index (χ0) is 31.0. The SMILES string of the molecule is CC.CC.Cc1ccc(C(=O)c2ccc(/C(F)=C/C(c3cc(C)c(C)c(Cl)c3)C(F)(F)F)cc2C(N)(F)F)nc1. The highest BCUT2D eigenvalue weighted by Gasteiger charge is 2.40. The van der Waals surface area contributed by atoms with Crippen molar-refractivity contribution in [2.75, 3.05) is 0 Å². The van der Waals surface area contributed by atoms with Crippen molar-refractivity contribution >= 4 is 23.2 Å². The summed E-state index contributed by atoms with van der Waals surface area (Å²) in [5, 5.41) is 0.0747. The fourth-order valence-corrected chi connectivity index (χ4v) is 3.83. The molecule has 0 aliphatic rings. The number of rotatable bonds is 6. The summed E-state index contributed by atoms with van der Waals surface area (Å²) in [6.07, 6.45) is -3.27. The second-order valence-electron chi connectivity index (χ2n) is 8.41. The van der Waals surface area contributed by atoms with Crippen molar-refractivity contribution in [1.29, 1.82) is 0 Å². The zero-order valence-corrected chi connectivity index (χ0v) is 24.1. The Morgan fingerprint density at radius 3 is 2.02 bits per heavy atom. The van der Waals surface area contributed by atoms with Crippen molar-refractivity contribution in [3.8, 4) is 0 Å². The summed E-state index contributed by atoms with van der Waals surface area (Å²) in [4.78, 5) is 16.7. The van der Waals surface area contributed by atoms with Crippen LogP contribution in [0.5, 0.6) is 0 Å². The number of pyridine rings is 1. The molecule has 0 bridgehead atoms. The van der Waals surface area contributed by atoms with Gasteiger partial charge in [0.2, 0.25) is 5.78 Å². The van der Waals surface area contributed by atoms with E-state index in [1.807, 2.05) is 27.7 Å².